The van der Waals surface area contributed by atoms with Gasteiger partial charge in [-0.05, 0) is 36.8 Å². The van der Waals surface area contributed by atoms with Gasteiger partial charge in [0.1, 0.15) is 10.7 Å². The summed E-state index contributed by atoms with van der Waals surface area (Å²) in [6.45, 7) is 1.29. The van der Waals surface area contributed by atoms with Crippen LogP contribution in [0.15, 0.2) is 41.4 Å². The smallest absolute Gasteiger partial charge is 0.264 e. The van der Waals surface area contributed by atoms with Crippen LogP contribution in [0, 0.1) is 12.7 Å². The van der Waals surface area contributed by atoms with E-state index in [0.29, 0.717) is 11.3 Å². The topological polar surface area (TPSA) is 79.3 Å². The number of hydrogen-bond donors (Lipinski definition) is 2. The third-order valence-corrected chi connectivity index (χ3v) is 4.12. The van der Waals surface area contributed by atoms with E-state index < -0.39 is 20.7 Å². The summed E-state index contributed by atoms with van der Waals surface area (Å²) in [5, 5.41) is 8.89. The molecular formula is C13H13FN2O3S. The molecule has 20 heavy (non-hydrogen) atoms. The molecule has 2 aromatic rings. The average Bonchev–Trinajstić information content (AvgIpc) is 2.40. The number of anilines is 1. The minimum atomic E-state index is -4.04. The summed E-state index contributed by atoms with van der Waals surface area (Å²) in [4.78, 5) is 3.48. The maximum Gasteiger partial charge on any atom is 0.264 e. The lowest BCUT2D eigenvalue weighted by Crippen LogP contribution is -2.15. The van der Waals surface area contributed by atoms with Gasteiger partial charge in [-0.2, -0.15) is 0 Å². The van der Waals surface area contributed by atoms with Gasteiger partial charge >= 0.3 is 0 Å². The number of benzene rings is 1. The Morgan fingerprint density at radius 2 is 2.10 bits per heavy atom. The van der Waals surface area contributed by atoms with Crippen LogP contribution in [-0.2, 0) is 16.6 Å². The Bertz CT molecular complexity index is 732. The van der Waals surface area contributed by atoms with Gasteiger partial charge in [0, 0.05) is 6.20 Å². The van der Waals surface area contributed by atoms with E-state index in [0.717, 1.165) is 12.1 Å². The molecule has 2 rings (SSSR count). The van der Waals surface area contributed by atoms with Crippen molar-refractivity contribution >= 4 is 15.7 Å². The van der Waals surface area contributed by atoms with Gasteiger partial charge in [0.15, 0.2) is 0 Å². The SMILES string of the molecule is Cc1ncccc1NS(=O)(=O)c1ccc(CO)cc1F. The molecule has 106 valence electrons. The fraction of sp³-hybridized carbons (Fsp3) is 0.154. The van der Waals surface area contributed by atoms with E-state index in [-0.39, 0.29) is 12.3 Å². The van der Waals surface area contributed by atoms with Gasteiger partial charge in [-0.25, -0.2) is 12.8 Å². The molecule has 0 atom stereocenters. The van der Waals surface area contributed by atoms with E-state index in [1.807, 2.05) is 0 Å². The number of hydrogen-bond acceptors (Lipinski definition) is 4. The largest absolute Gasteiger partial charge is 0.392 e. The first kappa shape index (κ1) is 14.4. The average molecular weight is 296 g/mol. The van der Waals surface area contributed by atoms with E-state index in [1.54, 1.807) is 19.1 Å². The van der Waals surface area contributed by atoms with Gasteiger partial charge in [0.25, 0.3) is 10.0 Å². The third kappa shape index (κ3) is 2.94. The molecule has 0 amide bonds. The number of rotatable bonds is 4. The summed E-state index contributed by atoms with van der Waals surface area (Å²) in [5.74, 6) is -0.911. The zero-order chi connectivity index (χ0) is 14.8. The van der Waals surface area contributed by atoms with Crippen molar-refractivity contribution in [3.8, 4) is 0 Å². The van der Waals surface area contributed by atoms with Gasteiger partial charge in [-0.3, -0.25) is 9.71 Å². The van der Waals surface area contributed by atoms with Crippen molar-refractivity contribution in [2.24, 2.45) is 0 Å². The maximum atomic E-state index is 13.8. The summed E-state index contributed by atoms with van der Waals surface area (Å²) in [7, 11) is -4.04. The molecule has 0 bridgehead atoms. The predicted molar refractivity (Wildman–Crippen MR) is 72.1 cm³/mol. The lowest BCUT2D eigenvalue weighted by atomic mass is 10.2. The fourth-order valence-corrected chi connectivity index (χ4v) is 2.83. The molecule has 2 N–H and O–H groups in total. The van der Waals surface area contributed by atoms with E-state index in [4.69, 9.17) is 5.11 Å². The highest BCUT2D eigenvalue weighted by Gasteiger charge is 2.20. The van der Waals surface area contributed by atoms with Crippen molar-refractivity contribution in [2.45, 2.75) is 18.4 Å². The molecule has 0 aliphatic heterocycles. The second-order valence-electron chi connectivity index (χ2n) is 4.16. The first-order valence-corrected chi connectivity index (χ1v) is 7.26. The standard InChI is InChI=1S/C13H13FN2O3S/c1-9-12(3-2-6-15-9)16-20(18,19)13-5-4-10(8-17)7-11(13)14/h2-7,16-17H,8H2,1H3. The monoisotopic (exact) mass is 296 g/mol. The third-order valence-electron chi connectivity index (χ3n) is 2.72. The Hall–Kier alpha value is -1.99. The molecule has 0 aliphatic carbocycles. The number of aliphatic hydroxyl groups excluding tert-OH is 1. The summed E-state index contributed by atoms with van der Waals surface area (Å²) < 4.78 is 40.3. The van der Waals surface area contributed by atoms with Gasteiger partial charge in [-0.1, -0.05) is 6.07 Å². The van der Waals surface area contributed by atoms with Crippen LogP contribution in [-0.4, -0.2) is 18.5 Å². The number of sulfonamides is 1. The molecule has 0 saturated carbocycles. The summed E-state index contributed by atoms with van der Waals surface area (Å²) in [5.41, 5.74) is 1.08. The minimum absolute atomic E-state index is 0.290. The Balaban J connectivity index is 2.39. The molecule has 0 unspecified atom stereocenters. The lowest BCUT2D eigenvalue weighted by Gasteiger charge is -2.10. The van der Waals surface area contributed by atoms with E-state index in [9.17, 15) is 12.8 Å². The normalized spacial score (nSPS) is 11.3. The molecule has 1 aromatic carbocycles. The van der Waals surface area contributed by atoms with Gasteiger partial charge in [0.2, 0.25) is 0 Å². The summed E-state index contributed by atoms with van der Waals surface area (Å²) in [6.07, 6.45) is 1.53. The molecule has 5 nitrogen and oxygen atoms in total. The molecule has 1 aromatic heterocycles. The first-order chi connectivity index (χ1) is 9.44. The number of aliphatic hydroxyl groups is 1. The highest BCUT2D eigenvalue weighted by atomic mass is 32.2. The van der Waals surface area contributed by atoms with Crippen LogP contribution < -0.4 is 4.72 Å². The molecule has 0 fully saturated rings. The number of nitrogens with zero attached hydrogens (tertiary/aromatic N) is 1. The molecular weight excluding hydrogens is 283 g/mol. The Labute approximate surface area is 116 Å². The number of halogens is 1. The summed E-state index contributed by atoms with van der Waals surface area (Å²) >= 11 is 0. The highest BCUT2D eigenvalue weighted by Crippen LogP contribution is 2.21. The van der Waals surface area contributed by atoms with Gasteiger partial charge < -0.3 is 5.11 Å². The van der Waals surface area contributed by atoms with Gasteiger partial charge in [0.05, 0.1) is 18.0 Å². The van der Waals surface area contributed by atoms with Crippen molar-refractivity contribution in [3.63, 3.8) is 0 Å². The predicted octanol–water partition coefficient (Wildman–Crippen LogP) is 1.82. The van der Waals surface area contributed by atoms with Crippen LogP contribution in [0.5, 0.6) is 0 Å². The van der Waals surface area contributed by atoms with Crippen LogP contribution in [0.3, 0.4) is 0 Å². The van der Waals surface area contributed by atoms with Crippen molar-refractivity contribution in [1.29, 1.82) is 0 Å². The molecule has 0 saturated heterocycles. The number of nitrogens with one attached hydrogen (secondary N) is 1. The van der Waals surface area contributed by atoms with Crippen molar-refractivity contribution < 1.29 is 17.9 Å². The molecule has 7 heteroatoms. The minimum Gasteiger partial charge on any atom is -0.392 e. The molecule has 1 heterocycles. The Morgan fingerprint density at radius 3 is 2.70 bits per heavy atom. The second kappa shape index (κ2) is 5.56. The number of pyridine rings is 1. The molecule has 0 aliphatic rings. The Kier molecular flexibility index (Phi) is 4.01. The quantitative estimate of drug-likeness (QED) is 0.902. The van der Waals surface area contributed by atoms with Crippen LogP contribution in [0.2, 0.25) is 0 Å². The van der Waals surface area contributed by atoms with Crippen molar-refractivity contribution in [1.82, 2.24) is 4.98 Å². The van der Waals surface area contributed by atoms with E-state index in [1.165, 1.54) is 12.3 Å². The number of aromatic nitrogens is 1. The zero-order valence-electron chi connectivity index (χ0n) is 10.7. The molecule has 0 radical (unpaired) electrons. The zero-order valence-corrected chi connectivity index (χ0v) is 11.5. The van der Waals surface area contributed by atoms with E-state index >= 15 is 0 Å². The van der Waals surface area contributed by atoms with Crippen molar-refractivity contribution in [2.75, 3.05) is 4.72 Å². The van der Waals surface area contributed by atoms with Crippen LogP contribution in [0.25, 0.3) is 0 Å². The van der Waals surface area contributed by atoms with Crippen LogP contribution in [0.1, 0.15) is 11.3 Å². The van der Waals surface area contributed by atoms with Gasteiger partial charge in [-0.15, -0.1) is 0 Å². The summed E-state index contributed by atoms with van der Waals surface area (Å²) in [6, 6.07) is 6.59. The van der Waals surface area contributed by atoms with Crippen molar-refractivity contribution in [3.05, 3.63) is 53.6 Å². The van der Waals surface area contributed by atoms with E-state index in [2.05, 4.69) is 9.71 Å². The maximum absolute atomic E-state index is 13.8. The highest BCUT2D eigenvalue weighted by molar-refractivity contribution is 7.92. The second-order valence-corrected chi connectivity index (χ2v) is 5.82. The number of aryl methyl sites for hydroxylation is 1. The first-order valence-electron chi connectivity index (χ1n) is 5.78. The fourth-order valence-electron chi connectivity index (χ4n) is 1.65. The Morgan fingerprint density at radius 1 is 1.35 bits per heavy atom. The van der Waals surface area contributed by atoms with Crippen LogP contribution >= 0.6 is 0 Å². The lowest BCUT2D eigenvalue weighted by molar-refractivity contribution is 0.281. The van der Waals surface area contributed by atoms with Crippen LogP contribution in [0.4, 0.5) is 10.1 Å². The molecule has 0 spiro atoms.